The Kier molecular flexibility index (Phi) is 7.53. The molecule has 7 heteroatoms. The number of carbonyl (C=O) groups excluding carboxylic acids is 1. The fraction of sp³-hybridized carbons (Fsp3) is 0.407. The average Bonchev–Trinajstić information content (AvgIpc) is 2.88. The van der Waals surface area contributed by atoms with Crippen molar-refractivity contribution in [3.05, 3.63) is 47.7 Å². The van der Waals surface area contributed by atoms with Crippen LogP contribution >= 0.6 is 0 Å². The van der Waals surface area contributed by atoms with E-state index in [1.165, 1.54) is 6.42 Å². The van der Waals surface area contributed by atoms with Crippen molar-refractivity contribution in [1.82, 2.24) is 9.88 Å². The molecular weight excluding hydrogens is 432 g/mol. The molecule has 0 amide bonds. The van der Waals surface area contributed by atoms with Crippen molar-refractivity contribution in [2.24, 2.45) is 0 Å². The van der Waals surface area contributed by atoms with E-state index in [0.717, 1.165) is 53.7 Å². The third-order valence-corrected chi connectivity index (χ3v) is 6.25. The number of hydrogen-bond donors (Lipinski definition) is 0. The fourth-order valence-electron chi connectivity index (χ4n) is 4.57. The molecule has 0 saturated carbocycles. The lowest BCUT2D eigenvalue weighted by molar-refractivity contribution is 0.0524. The van der Waals surface area contributed by atoms with Crippen molar-refractivity contribution in [3.8, 4) is 28.4 Å². The molecule has 0 aliphatic carbocycles. The molecule has 180 valence electrons. The Morgan fingerprint density at radius 3 is 2.24 bits per heavy atom. The Hall–Kier alpha value is -3.32. The minimum atomic E-state index is -0.371. The number of nitrogens with zero attached hydrogens (tertiary/aromatic N) is 2. The van der Waals surface area contributed by atoms with Crippen molar-refractivity contribution in [2.45, 2.75) is 32.7 Å². The zero-order valence-corrected chi connectivity index (χ0v) is 20.3. The molecule has 0 unspecified atom stereocenters. The van der Waals surface area contributed by atoms with Crippen LogP contribution in [0.1, 0.15) is 42.2 Å². The predicted octanol–water partition coefficient (Wildman–Crippen LogP) is 5.09. The maximum atomic E-state index is 13.4. The van der Waals surface area contributed by atoms with E-state index in [2.05, 4.69) is 4.90 Å². The summed E-state index contributed by atoms with van der Waals surface area (Å²) in [5.74, 6) is 1.54. The quantitative estimate of drug-likeness (QED) is 0.430. The topological polar surface area (TPSA) is 70.1 Å². The lowest BCUT2D eigenvalue weighted by atomic mass is 9.93. The number of aromatic nitrogens is 1. The van der Waals surface area contributed by atoms with Crippen molar-refractivity contribution < 1.29 is 23.7 Å². The van der Waals surface area contributed by atoms with E-state index in [1.807, 2.05) is 43.3 Å². The maximum absolute atomic E-state index is 13.4. The number of rotatable bonds is 8. The second-order valence-corrected chi connectivity index (χ2v) is 8.32. The van der Waals surface area contributed by atoms with Crippen LogP contribution in [0.4, 0.5) is 0 Å². The average molecular weight is 465 g/mol. The van der Waals surface area contributed by atoms with Crippen LogP contribution in [0.2, 0.25) is 0 Å². The lowest BCUT2D eigenvalue weighted by Gasteiger charge is -2.27. The van der Waals surface area contributed by atoms with Crippen molar-refractivity contribution >= 4 is 16.9 Å². The van der Waals surface area contributed by atoms with Crippen molar-refractivity contribution in [1.29, 1.82) is 0 Å². The number of carbonyl (C=O) groups is 1. The Morgan fingerprint density at radius 1 is 0.941 bits per heavy atom. The highest BCUT2D eigenvalue weighted by molar-refractivity contribution is 6.08. The third kappa shape index (κ3) is 4.80. The van der Waals surface area contributed by atoms with E-state index < -0.39 is 0 Å². The van der Waals surface area contributed by atoms with Crippen LogP contribution < -0.4 is 14.2 Å². The molecule has 1 fully saturated rings. The zero-order valence-electron chi connectivity index (χ0n) is 20.3. The van der Waals surface area contributed by atoms with Gasteiger partial charge >= 0.3 is 5.97 Å². The predicted molar refractivity (Wildman–Crippen MR) is 132 cm³/mol. The first-order valence-corrected chi connectivity index (χ1v) is 11.7. The van der Waals surface area contributed by atoms with Gasteiger partial charge in [-0.15, -0.1) is 0 Å². The summed E-state index contributed by atoms with van der Waals surface area (Å²) in [6.45, 7) is 4.67. The number of benzene rings is 2. The third-order valence-electron chi connectivity index (χ3n) is 6.25. The minimum Gasteiger partial charge on any atom is -0.497 e. The van der Waals surface area contributed by atoms with E-state index in [4.69, 9.17) is 23.9 Å². The van der Waals surface area contributed by atoms with Crippen molar-refractivity contribution in [2.75, 3.05) is 41.0 Å². The van der Waals surface area contributed by atoms with E-state index >= 15 is 0 Å². The lowest BCUT2D eigenvalue weighted by Crippen LogP contribution is -2.30. The second kappa shape index (κ2) is 10.7. The minimum absolute atomic E-state index is 0.286. The van der Waals surface area contributed by atoms with Gasteiger partial charge in [0.1, 0.15) is 5.75 Å². The summed E-state index contributed by atoms with van der Waals surface area (Å²) < 4.78 is 22.0. The number of methoxy groups -OCH3 is 3. The molecule has 2 aromatic carbocycles. The summed E-state index contributed by atoms with van der Waals surface area (Å²) in [6.07, 6.45) is 3.54. The van der Waals surface area contributed by atoms with E-state index in [0.29, 0.717) is 29.3 Å². The Labute approximate surface area is 200 Å². The number of pyridine rings is 1. The first-order valence-electron chi connectivity index (χ1n) is 11.7. The Morgan fingerprint density at radius 2 is 1.62 bits per heavy atom. The molecule has 1 aliphatic rings. The SMILES string of the molecule is CCOC(=O)c1c(CN2CCCCC2)nc2cc(OC)c(OC)cc2c1-c1ccc(OC)cc1. The molecule has 3 aromatic rings. The summed E-state index contributed by atoms with van der Waals surface area (Å²) in [4.78, 5) is 20.7. The standard InChI is InChI=1S/C27H32N2O5/c1-5-34-27(30)26-22(17-29-13-7-6-8-14-29)28-21-16-24(33-4)23(32-3)15-20(21)25(26)18-9-11-19(31-2)12-10-18/h9-12,15-16H,5-8,13-14,17H2,1-4H3. The molecule has 2 heterocycles. The zero-order chi connectivity index (χ0) is 24.1. The van der Waals surface area contributed by atoms with Crippen LogP contribution in [0.3, 0.4) is 0 Å². The highest BCUT2D eigenvalue weighted by Gasteiger charge is 2.26. The molecule has 1 saturated heterocycles. The van der Waals surface area contributed by atoms with Gasteiger partial charge in [-0.3, -0.25) is 9.88 Å². The van der Waals surface area contributed by atoms with Crippen molar-refractivity contribution in [3.63, 3.8) is 0 Å². The van der Waals surface area contributed by atoms with Gasteiger partial charge in [-0.1, -0.05) is 18.6 Å². The van der Waals surface area contributed by atoms with E-state index in [9.17, 15) is 4.79 Å². The normalized spacial score (nSPS) is 14.1. The summed E-state index contributed by atoms with van der Waals surface area (Å²) in [7, 11) is 4.84. The molecule has 1 aromatic heterocycles. The highest BCUT2D eigenvalue weighted by Crippen LogP contribution is 2.40. The van der Waals surface area contributed by atoms with Gasteiger partial charge in [0.25, 0.3) is 0 Å². The van der Waals surface area contributed by atoms with Gasteiger partial charge < -0.3 is 18.9 Å². The van der Waals surface area contributed by atoms with Gasteiger partial charge in [-0.25, -0.2) is 4.79 Å². The van der Waals surface area contributed by atoms with Crippen LogP contribution in [-0.4, -0.2) is 56.9 Å². The molecule has 0 atom stereocenters. The molecule has 0 N–H and O–H groups in total. The monoisotopic (exact) mass is 464 g/mol. The Bertz CT molecular complexity index is 1150. The Balaban J connectivity index is 2.01. The van der Waals surface area contributed by atoms with Crippen LogP contribution in [0, 0.1) is 0 Å². The highest BCUT2D eigenvalue weighted by atomic mass is 16.5. The first kappa shape index (κ1) is 23.8. The largest absolute Gasteiger partial charge is 0.497 e. The molecule has 0 radical (unpaired) electrons. The summed E-state index contributed by atoms with van der Waals surface area (Å²) in [5.41, 5.74) is 3.61. The van der Waals surface area contributed by atoms with Gasteiger partial charge in [-0.05, 0) is 56.6 Å². The summed E-state index contributed by atoms with van der Waals surface area (Å²) in [5, 5.41) is 0.799. The number of esters is 1. The number of fused-ring (bicyclic) bond motifs is 1. The molecule has 4 rings (SSSR count). The van der Waals surface area contributed by atoms with Gasteiger partial charge in [0.05, 0.1) is 44.7 Å². The van der Waals surface area contributed by atoms with E-state index in [-0.39, 0.29) is 12.6 Å². The first-order chi connectivity index (χ1) is 16.6. The molecular formula is C27H32N2O5. The molecule has 0 bridgehead atoms. The maximum Gasteiger partial charge on any atom is 0.340 e. The van der Waals surface area contributed by atoms with E-state index in [1.54, 1.807) is 21.3 Å². The number of hydrogen-bond acceptors (Lipinski definition) is 7. The van der Waals surface area contributed by atoms with Crippen LogP contribution in [0.15, 0.2) is 36.4 Å². The molecule has 7 nitrogen and oxygen atoms in total. The second-order valence-electron chi connectivity index (χ2n) is 8.32. The van der Waals surface area contributed by atoms with Crippen LogP contribution in [0.5, 0.6) is 17.2 Å². The van der Waals surface area contributed by atoms with Crippen LogP contribution in [0.25, 0.3) is 22.0 Å². The summed E-state index contributed by atoms with van der Waals surface area (Å²) >= 11 is 0. The van der Waals surface area contributed by atoms with Gasteiger partial charge in [-0.2, -0.15) is 0 Å². The number of piperidine rings is 1. The summed E-state index contributed by atoms with van der Waals surface area (Å²) in [6, 6.07) is 11.4. The van der Waals surface area contributed by atoms with Gasteiger partial charge in [0.2, 0.25) is 0 Å². The van der Waals surface area contributed by atoms with Crippen LogP contribution in [-0.2, 0) is 11.3 Å². The number of ether oxygens (including phenoxy) is 4. The van der Waals surface area contributed by atoms with Gasteiger partial charge in [0.15, 0.2) is 11.5 Å². The molecule has 34 heavy (non-hydrogen) atoms. The smallest absolute Gasteiger partial charge is 0.340 e. The number of likely N-dealkylation sites (tertiary alicyclic amines) is 1. The fourth-order valence-corrected chi connectivity index (χ4v) is 4.57. The van der Waals surface area contributed by atoms with Gasteiger partial charge in [0, 0.05) is 23.6 Å². The molecule has 0 spiro atoms. The molecule has 1 aliphatic heterocycles.